The Labute approximate surface area is 144 Å². The number of aromatic amines is 1. The van der Waals surface area contributed by atoms with Gasteiger partial charge in [0.1, 0.15) is 17.3 Å². The number of fused-ring (bicyclic) bond motifs is 1. The third-order valence-corrected chi connectivity index (χ3v) is 3.84. The highest BCUT2D eigenvalue weighted by atomic mass is 16.3. The molecule has 2 aromatic heterocycles. The van der Waals surface area contributed by atoms with Crippen molar-refractivity contribution in [3.8, 4) is 6.07 Å². The predicted molar refractivity (Wildman–Crippen MR) is 94.1 cm³/mol. The summed E-state index contributed by atoms with van der Waals surface area (Å²) in [5.41, 5.74) is 2.12. The summed E-state index contributed by atoms with van der Waals surface area (Å²) < 4.78 is 0. The number of aliphatic hydroxyl groups excluding tert-OH is 1. The van der Waals surface area contributed by atoms with E-state index < -0.39 is 11.9 Å². The van der Waals surface area contributed by atoms with Crippen molar-refractivity contribution in [1.82, 2.24) is 15.3 Å². The van der Waals surface area contributed by atoms with Gasteiger partial charge < -0.3 is 15.4 Å². The molecule has 124 valence electrons. The van der Waals surface area contributed by atoms with Gasteiger partial charge in [-0.3, -0.25) is 4.79 Å². The minimum absolute atomic E-state index is 0.0425. The molecule has 1 unspecified atom stereocenters. The number of aromatic nitrogens is 2. The second-order valence-corrected chi connectivity index (χ2v) is 5.43. The zero-order chi connectivity index (χ0) is 17.6. The van der Waals surface area contributed by atoms with E-state index in [4.69, 9.17) is 0 Å². The molecule has 0 bridgehead atoms. The number of H-pyrrole nitrogens is 1. The number of nitrogens with zero attached hydrogens (tertiary/aromatic N) is 2. The van der Waals surface area contributed by atoms with Gasteiger partial charge in [-0.2, -0.15) is 5.26 Å². The molecule has 1 amide bonds. The van der Waals surface area contributed by atoms with Crippen molar-refractivity contribution < 1.29 is 9.90 Å². The molecule has 0 aliphatic carbocycles. The summed E-state index contributed by atoms with van der Waals surface area (Å²) in [7, 11) is 0. The summed E-state index contributed by atoms with van der Waals surface area (Å²) in [6, 6.07) is 14.1. The van der Waals surface area contributed by atoms with Crippen LogP contribution in [0.25, 0.3) is 17.1 Å². The monoisotopic (exact) mass is 332 g/mol. The van der Waals surface area contributed by atoms with Crippen LogP contribution in [0.2, 0.25) is 0 Å². The third kappa shape index (κ3) is 3.57. The number of nitriles is 1. The first-order valence-electron chi connectivity index (χ1n) is 7.73. The average molecular weight is 332 g/mol. The van der Waals surface area contributed by atoms with Crippen LogP contribution in [0.15, 0.2) is 60.4 Å². The van der Waals surface area contributed by atoms with E-state index in [0.29, 0.717) is 11.2 Å². The first-order valence-corrected chi connectivity index (χ1v) is 7.73. The molecule has 2 heterocycles. The SMILES string of the molecule is N#C/C(=C\c1c[nH]c2ncccc12)C(=O)NC(CO)c1ccccc1. The van der Waals surface area contributed by atoms with E-state index in [9.17, 15) is 15.2 Å². The molecule has 6 nitrogen and oxygen atoms in total. The molecule has 0 aliphatic heterocycles. The van der Waals surface area contributed by atoms with Crippen molar-refractivity contribution in [2.45, 2.75) is 6.04 Å². The maximum atomic E-state index is 12.4. The van der Waals surface area contributed by atoms with Gasteiger partial charge in [-0.05, 0) is 23.8 Å². The van der Waals surface area contributed by atoms with Gasteiger partial charge in [-0.1, -0.05) is 30.3 Å². The quantitative estimate of drug-likeness (QED) is 0.493. The molecule has 0 saturated carbocycles. The van der Waals surface area contributed by atoms with Crippen LogP contribution in [0.4, 0.5) is 0 Å². The number of amides is 1. The van der Waals surface area contributed by atoms with Crippen LogP contribution in [0, 0.1) is 11.3 Å². The van der Waals surface area contributed by atoms with E-state index in [1.165, 1.54) is 6.08 Å². The molecule has 0 aliphatic rings. The van der Waals surface area contributed by atoms with Crippen molar-refractivity contribution in [2.75, 3.05) is 6.61 Å². The first-order chi connectivity index (χ1) is 12.2. The number of hydrogen-bond donors (Lipinski definition) is 3. The van der Waals surface area contributed by atoms with Crippen LogP contribution in [-0.4, -0.2) is 27.6 Å². The maximum Gasteiger partial charge on any atom is 0.262 e. The Kier molecular flexibility index (Phi) is 4.88. The lowest BCUT2D eigenvalue weighted by Crippen LogP contribution is -2.31. The van der Waals surface area contributed by atoms with Crippen LogP contribution in [0.3, 0.4) is 0 Å². The fourth-order valence-electron chi connectivity index (χ4n) is 2.56. The number of carbonyl (C=O) groups excluding carboxylic acids is 1. The van der Waals surface area contributed by atoms with Gasteiger partial charge in [0.2, 0.25) is 0 Å². The highest BCUT2D eigenvalue weighted by molar-refractivity contribution is 6.03. The largest absolute Gasteiger partial charge is 0.394 e. The fraction of sp³-hybridized carbons (Fsp3) is 0.105. The lowest BCUT2D eigenvalue weighted by Gasteiger charge is -2.16. The third-order valence-electron chi connectivity index (χ3n) is 3.84. The number of hydrogen-bond acceptors (Lipinski definition) is 4. The van der Waals surface area contributed by atoms with Crippen LogP contribution in [0.5, 0.6) is 0 Å². The van der Waals surface area contributed by atoms with Crippen LogP contribution < -0.4 is 5.32 Å². The van der Waals surface area contributed by atoms with Gasteiger partial charge in [0.25, 0.3) is 5.91 Å². The highest BCUT2D eigenvalue weighted by Crippen LogP contribution is 2.19. The Morgan fingerprint density at radius 1 is 1.32 bits per heavy atom. The molecule has 3 aromatic rings. The van der Waals surface area contributed by atoms with Crippen molar-refractivity contribution in [2.24, 2.45) is 0 Å². The number of carbonyl (C=O) groups is 1. The van der Waals surface area contributed by atoms with Crippen molar-refractivity contribution in [1.29, 1.82) is 5.26 Å². The maximum absolute atomic E-state index is 12.4. The number of benzene rings is 1. The smallest absolute Gasteiger partial charge is 0.262 e. The molecule has 0 spiro atoms. The Morgan fingerprint density at radius 2 is 2.12 bits per heavy atom. The lowest BCUT2D eigenvalue weighted by atomic mass is 10.1. The summed E-state index contributed by atoms with van der Waals surface area (Å²) in [5.74, 6) is -0.538. The summed E-state index contributed by atoms with van der Waals surface area (Å²) in [6.45, 7) is -0.258. The molecular weight excluding hydrogens is 316 g/mol. The van der Waals surface area contributed by atoms with Crippen molar-refractivity contribution in [3.63, 3.8) is 0 Å². The normalized spacial score (nSPS) is 12.6. The predicted octanol–water partition coefficient (Wildman–Crippen LogP) is 2.32. The van der Waals surface area contributed by atoms with E-state index in [2.05, 4.69) is 15.3 Å². The first kappa shape index (κ1) is 16.4. The fourth-order valence-corrected chi connectivity index (χ4v) is 2.56. The van der Waals surface area contributed by atoms with E-state index in [0.717, 1.165) is 10.9 Å². The molecule has 25 heavy (non-hydrogen) atoms. The van der Waals surface area contributed by atoms with Gasteiger partial charge >= 0.3 is 0 Å². The van der Waals surface area contributed by atoms with Crippen LogP contribution in [-0.2, 0) is 4.79 Å². The number of rotatable bonds is 5. The molecule has 3 rings (SSSR count). The molecule has 6 heteroatoms. The summed E-state index contributed by atoms with van der Waals surface area (Å²) in [6.07, 6.45) is 4.87. The average Bonchev–Trinajstić information content (AvgIpc) is 3.07. The highest BCUT2D eigenvalue weighted by Gasteiger charge is 2.17. The molecule has 0 fully saturated rings. The Bertz CT molecular complexity index is 954. The van der Waals surface area contributed by atoms with E-state index in [1.807, 2.05) is 42.5 Å². The van der Waals surface area contributed by atoms with Crippen molar-refractivity contribution in [3.05, 3.63) is 71.6 Å². The summed E-state index contributed by atoms with van der Waals surface area (Å²) >= 11 is 0. The Balaban J connectivity index is 1.85. The molecule has 0 saturated heterocycles. The summed E-state index contributed by atoms with van der Waals surface area (Å²) in [5, 5.41) is 22.4. The van der Waals surface area contributed by atoms with E-state index >= 15 is 0 Å². The minimum Gasteiger partial charge on any atom is -0.394 e. The topological polar surface area (TPSA) is 102 Å². The van der Waals surface area contributed by atoms with Gasteiger partial charge in [-0.25, -0.2) is 4.98 Å². The number of pyridine rings is 1. The van der Waals surface area contributed by atoms with Crippen LogP contribution in [0.1, 0.15) is 17.2 Å². The summed E-state index contributed by atoms with van der Waals surface area (Å²) in [4.78, 5) is 19.6. The molecule has 0 radical (unpaired) electrons. The Hall–Kier alpha value is -3.43. The molecule has 3 N–H and O–H groups in total. The molecule has 1 atom stereocenters. The number of nitrogens with one attached hydrogen (secondary N) is 2. The zero-order valence-electron chi connectivity index (χ0n) is 13.3. The van der Waals surface area contributed by atoms with Crippen LogP contribution >= 0.6 is 0 Å². The Morgan fingerprint density at radius 3 is 2.84 bits per heavy atom. The second-order valence-electron chi connectivity index (χ2n) is 5.43. The second kappa shape index (κ2) is 7.43. The van der Waals surface area contributed by atoms with E-state index in [1.54, 1.807) is 18.5 Å². The zero-order valence-corrected chi connectivity index (χ0v) is 13.3. The molecular formula is C19H16N4O2. The number of aliphatic hydroxyl groups is 1. The van der Waals surface area contributed by atoms with Gasteiger partial charge in [0.05, 0.1) is 12.6 Å². The minimum atomic E-state index is -0.574. The van der Waals surface area contributed by atoms with Gasteiger partial charge in [0, 0.05) is 23.3 Å². The standard InChI is InChI=1S/C19H16N4O2/c20-10-14(9-15-11-22-18-16(15)7-4-8-21-18)19(25)23-17(12-24)13-5-2-1-3-6-13/h1-9,11,17,24H,12H2,(H,21,22)(H,23,25)/b14-9+. The van der Waals surface area contributed by atoms with Gasteiger partial charge in [-0.15, -0.1) is 0 Å². The lowest BCUT2D eigenvalue weighted by molar-refractivity contribution is -0.118. The molecule has 1 aromatic carbocycles. The van der Waals surface area contributed by atoms with E-state index in [-0.39, 0.29) is 12.2 Å². The van der Waals surface area contributed by atoms with Crippen molar-refractivity contribution >= 4 is 23.0 Å². The van der Waals surface area contributed by atoms with Gasteiger partial charge in [0.15, 0.2) is 0 Å².